The summed E-state index contributed by atoms with van der Waals surface area (Å²) in [5.41, 5.74) is 0.429. The number of amides is 2. The number of hydrogen-bond acceptors (Lipinski definition) is 4. The van der Waals surface area contributed by atoms with Crippen molar-refractivity contribution in [1.82, 2.24) is 20.4 Å². The van der Waals surface area contributed by atoms with Crippen molar-refractivity contribution >= 4 is 12.0 Å². The molecule has 1 saturated carbocycles. The lowest BCUT2D eigenvalue weighted by atomic mass is 9.89. The highest BCUT2D eigenvalue weighted by Crippen LogP contribution is 2.22. The normalized spacial score (nSPS) is 22.7. The highest BCUT2D eigenvalue weighted by molar-refractivity contribution is 5.83. The number of aryl methyl sites for hydroxylation is 1. The summed E-state index contributed by atoms with van der Waals surface area (Å²) in [6, 6.07) is -1.58. The summed E-state index contributed by atoms with van der Waals surface area (Å²) in [6.45, 7) is 0. The van der Waals surface area contributed by atoms with Crippen LogP contribution in [-0.4, -0.2) is 46.1 Å². The van der Waals surface area contributed by atoms with Crippen LogP contribution in [0.25, 0.3) is 0 Å². The van der Waals surface area contributed by atoms with E-state index in [1.807, 2.05) is 0 Å². The summed E-state index contributed by atoms with van der Waals surface area (Å²) in [5.74, 6) is -1.13. The molecule has 1 aromatic heterocycles. The number of nitrogens with zero attached hydrogens (tertiary/aromatic N) is 2. The van der Waals surface area contributed by atoms with Crippen LogP contribution in [0.1, 0.15) is 24.4 Å². The predicted molar refractivity (Wildman–Crippen MR) is 69.1 cm³/mol. The van der Waals surface area contributed by atoms with Crippen molar-refractivity contribution in [2.24, 2.45) is 7.05 Å². The Balaban J connectivity index is 1.89. The second-order valence-corrected chi connectivity index (χ2v) is 4.86. The van der Waals surface area contributed by atoms with E-state index in [2.05, 4.69) is 15.7 Å². The minimum atomic E-state index is -1.13. The molecule has 3 N–H and O–H groups in total. The monoisotopic (exact) mass is 282 g/mol. The average Bonchev–Trinajstić information content (AvgIpc) is 2.76. The molecule has 0 radical (unpaired) electrons. The molecule has 1 aromatic rings. The first-order chi connectivity index (χ1) is 9.49. The molecule has 8 heteroatoms. The van der Waals surface area contributed by atoms with Gasteiger partial charge >= 0.3 is 12.0 Å². The molecule has 1 unspecified atom stereocenters. The van der Waals surface area contributed by atoms with Crippen LogP contribution in [0.15, 0.2) is 12.4 Å². The van der Waals surface area contributed by atoms with Gasteiger partial charge in [-0.1, -0.05) is 0 Å². The molecule has 1 fully saturated rings. The third-order valence-electron chi connectivity index (χ3n) is 3.34. The van der Waals surface area contributed by atoms with Crippen molar-refractivity contribution in [2.45, 2.75) is 31.0 Å². The van der Waals surface area contributed by atoms with Gasteiger partial charge in [-0.3, -0.25) is 4.68 Å². The Hall–Kier alpha value is -2.09. The van der Waals surface area contributed by atoms with Gasteiger partial charge in [-0.15, -0.1) is 0 Å². The number of carbonyl (C=O) groups excluding carboxylic acids is 1. The zero-order chi connectivity index (χ0) is 14.7. The van der Waals surface area contributed by atoms with Gasteiger partial charge in [-0.25, -0.2) is 9.59 Å². The maximum absolute atomic E-state index is 11.8. The van der Waals surface area contributed by atoms with E-state index in [0.29, 0.717) is 5.56 Å². The number of urea groups is 1. The number of ether oxygens (including phenoxy) is 1. The zero-order valence-corrected chi connectivity index (χ0v) is 11.4. The van der Waals surface area contributed by atoms with Crippen LogP contribution in [0.4, 0.5) is 4.79 Å². The summed E-state index contributed by atoms with van der Waals surface area (Å²) >= 11 is 0. The summed E-state index contributed by atoms with van der Waals surface area (Å²) in [5, 5.41) is 18.2. The molecule has 1 aliphatic rings. The zero-order valence-electron chi connectivity index (χ0n) is 11.4. The van der Waals surface area contributed by atoms with E-state index in [1.54, 1.807) is 20.4 Å². The lowest BCUT2D eigenvalue weighted by molar-refractivity contribution is -0.139. The van der Waals surface area contributed by atoms with Gasteiger partial charge in [-0.05, 0) is 12.8 Å². The van der Waals surface area contributed by atoms with E-state index < -0.39 is 18.0 Å². The van der Waals surface area contributed by atoms with E-state index in [1.165, 1.54) is 10.9 Å². The summed E-state index contributed by atoms with van der Waals surface area (Å²) in [4.78, 5) is 23.0. The molecule has 1 aliphatic carbocycles. The van der Waals surface area contributed by atoms with Gasteiger partial charge in [0.05, 0.1) is 12.3 Å². The van der Waals surface area contributed by atoms with E-state index in [0.717, 1.165) is 12.8 Å². The minimum Gasteiger partial charge on any atom is -0.479 e. The number of carboxylic acids is 1. The molecule has 1 atom stereocenters. The molecule has 2 rings (SSSR count). The number of nitrogens with one attached hydrogen (secondary N) is 2. The van der Waals surface area contributed by atoms with Crippen LogP contribution in [0, 0.1) is 0 Å². The average molecular weight is 282 g/mol. The van der Waals surface area contributed by atoms with Crippen molar-refractivity contribution in [3.8, 4) is 0 Å². The lowest BCUT2D eigenvalue weighted by Gasteiger charge is -2.34. The van der Waals surface area contributed by atoms with E-state index in [9.17, 15) is 14.7 Å². The Bertz CT molecular complexity index is 495. The Labute approximate surface area is 116 Å². The first kappa shape index (κ1) is 14.3. The Morgan fingerprint density at radius 1 is 1.55 bits per heavy atom. The third-order valence-corrected chi connectivity index (χ3v) is 3.34. The maximum atomic E-state index is 11.8. The number of rotatable bonds is 5. The molecule has 0 saturated heterocycles. The number of aliphatic carboxylic acids is 1. The van der Waals surface area contributed by atoms with Crippen molar-refractivity contribution in [3.05, 3.63) is 18.0 Å². The summed E-state index contributed by atoms with van der Waals surface area (Å²) < 4.78 is 6.60. The Morgan fingerprint density at radius 2 is 2.25 bits per heavy atom. The quantitative estimate of drug-likeness (QED) is 0.706. The second-order valence-electron chi connectivity index (χ2n) is 4.86. The summed E-state index contributed by atoms with van der Waals surface area (Å²) in [7, 11) is 3.31. The second kappa shape index (κ2) is 5.91. The number of carbonyl (C=O) groups is 2. The summed E-state index contributed by atoms with van der Waals surface area (Å²) in [6.07, 6.45) is 4.64. The van der Waals surface area contributed by atoms with Gasteiger partial charge < -0.3 is 20.5 Å². The molecule has 1 heterocycles. The molecule has 110 valence electrons. The SMILES string of the molecule is COC1CC(NC(=O)NC(C(=O)O)c2cnn(C)c2)C1. The molecule has 2 amide bonds. The number of methoxy groups -OCH3 is 1. The first-order valence-electron chi connectivity index (χ1n) is 6.30. The van der Waals surface area contributed by atoms with Crippen LogP contribution < -0.4 is 10.6 Å². The predicted octanol–water partition coefficient (Wildman–Crippen LogP) is 0.0224. The molecular formula is C12H18N4O4. The molecule has 0 aromatic carbocycles. The van der Waals surface area contributed by atoms with Gasteiger partial charge in [0.15, 0.2) is 6.04 Å². The Morgan fingerprint density at radius 3 is 2.75 bits per heavy atom. The van der Waals surface area contributed by atoms with Crippen molar-refractivity contribution in [3.63, 3.8) is 0 Å². The van der Waals surface area contributed by atoms with Gasteiger partial charge in [0.25, 0.3) is 0 Å². The first-order valence-corrected chi connectivity index (χ1v) is 6.30. The van der Waals surface area contributed by atoms with Crippen LogP contribution in [0.3, 0.4) is 0 Å². The number of carboxylic acid groups (broad SMARTS) is 1. The maximum Gasteiger partial charge on any atom is 0.331 e. The smallest absolute Gasteiger partial charge is 0.331 e. The number of hydrogen-bond donors (Lipinski definition) is 3. The van der Waals surface area contributed by atoms with E-state index in [-0.39, 0.29) is 12.1 Å². The van der Waals surface area contributed by atoms with Crippen LogP contribution in [0.2, 0.25) is 0 Å². The van der Waals surface area contributed by atoms with Crippen molar-refractivity contribution in [1.29, 1.82) is 0 Å². The molecule has 0 bridgehead atoms. The van der Waals surface area contributed by atoms with Gasteiger partial charge in [0, 0.05) is 32.0 Å². The Kier molecular flexibility index (Phi) is 4.23. The molecule has 8 nitrogen and oxygen atoms in total. The fraction of sp³-hybridized carbons (Fsp3) is 0.583. The van der Waals surface area contributed by atoms with Gasteiger partial charge in [0.2, 0.25) is 0 Å². The van der Waals surface area contributed by atoms with E-state index >= 15 is 0 Å². The fourth-order valence-corrected chi connectivity index (χ4v) is 2.11. The fourth-order valence-electron chi connectivity index (χ4n) is 2.11. The van der Waals surface area contributed by atoms with Gasteiger partial charge in [-0.2, -0.15) is 5.10 Å². The molecule has 0 aliphatic heterocycles. The van der Waals surface area contributed by atoms with E-state index in [4.69, 9.17) is 4.74 Å². The largest absolute Gasteiger partial charge is 0.479 e. The third kappa shape index (κ3) is 3.27. The highest BCUT2D eigenvalue weighted by atomic mass is 16.5. The molecule has 0 spiro atoms. The standard InChI is InChI=1S/C12H18N4O4/c1-16-6-7(5-13-16)10(11(17)18)15-12(19)14-8-3-9(4-8)20-2/h5-6,8-10H,3-4H2,1-2H3,(H,17,18)(H2,14,15,19). The highest BCUT2D eigenvalue weighted by Gasteiger charge is 2.31. The minimum absolute atomic E-state index is 0.0308. The topological polar surface area (TPSA) is 105 Å². The number of aromatic nitrogens is 2. The van der Waals surface area contributed by atoms with Crippen LogP contribution >= 0.6 is 0 Å². The lowest BCUT2D eigenvalue weighted by Crippen LogP contribution is -2.51. The van der Waals surface area contributed by atoms with Crippen LogP contribution in [0.5, 0.6) is 0 Å². The van der Waals surface area contributed by atoms with Crippen LogP contribution in [-0.2, 0) is 16.6 Å². The van der Waals surface area contributed by atoms with Crippen molar-refractivity contribution < 1.29 is 19.4 Å². The molecular weight excluding hydrogens is 264 g/mol. The molecule has 20 heavy (non-hydrogen) atoms. The van der Waals surface area contributed by atoms with Gasteiger partial charge in [0.1, 0.15) is 0 Å². The van der Waals surface area contributed by atoms with Crippen molar-refractivity contribution in [2.75, 3.05) is 7.11 Å².